The minimum absolute atomic E-state index is 0.177. The summed E-state index contributed by atoms with van der Waals surface area (Å²) in [7, 11) is -2.10. The molecule has 1 atom stereocenters. The van der Waals surface area contributed by atoms with Crippen LogP contribution in [0.4, 0.5) is 11.4 Å². The Kier molecular flexibility index (Phi) is 7.74. The maximum Gasteiger partial charge on any atom is 0.261 e. The molecule has 0 aliphatic carbocycles. The summed E-state index contributed by atoms with van der Waals surface area (Å²) in [6.45, 7) is 0. The monoisotopic (exact) mass is 504 g/mol. The second-order valence-electron chi connectivity index (χ2n) is 7.57. The number of benzene rings is 4. The fourth-order valence-electron chi connectivity index (χ4n) is 3.36. The Morgan fingerprint density at radius 2 is 1.46 bits per heavy atom. The number of sulfonamides is 1. The van der Waals surface area contributed by atoms with Crippen molar-refractivity contribution in [1.29, 1.82) is 0 Å². The Morgan fingerprint density at radius 1 is 0.800 bits per heavy atom. The van der Waals surface area contributed by atoms with E-state index in [4.69, 9.17) is 4.74 Å². The molecule has 4 aromatic rings. The van der Waals surface area contributed by atoms with Gasteiger partial charge in [-0.15, -0.1) is 11.8 Å². The average molecular weight is 505 g/mol. The van der Waals surface area contributed by atoms with Crippen LogP contribution in [0.25, 0.3) is 0 Å². The minimum atomic E-state index is -3.68. The number of anilines is 2. The number of methoxy groups -OCH3 is 1. The summed E-state index contributed by atoms with van der Waals surface area (Å²) in [5.74, 6) is 0.476. The van der Waals surface area contributed by atoms with Gasteiger partial charge in [-0.05, 0) is 54.1 Å². The number of hydrogen-bond donors (Lipinski definition) is 2. The predicted molar refractivity (Wildman–Crippen MR) is 140 cm³/mol. The second kappa shape index (κ2) is 11.1. The van der Waals surface area contributed by atoms with Gasteiger partial charge < -0.3 is 10.1 Å². The molecule has 0 fully saturated rings. The minimum Gasteiger partial charge on any atom is -0.497 e. The molecule has 8 heteroatoms. The van der Waals surface area contributed by atoms with Crippen LogP contribution in [0.15, 0.2) is 119 Å². The van der Waals surface area contributed by atoms with Gasteiger partial charge >= 0.3 is 0 Å². The highest BCUT2D eigenvalue weighted by molar-refractivity contribution is 8.00. The first-order valence-electron chi connectivity index (χ1n) is 10.8. The van der Waals surface area contributed by atoms with Gasteiger partial charge in [-0.3, -0.25) is 9.52 Å². The topological polar surface area (TPSA) is 84.5 Å². The van der Waals surface area contributed by atoms with E-state index in [2.05, 4.69) is 10.0 Å². The quantitative estimate of drug-likeness (QED) is 0.275. The summed E-state index contributed by atoms with van der Waals surface area (Å²) < 4.78 is 33.0. The van der Waals surface area contributed by atoms with Gasteiger partial charge in [-0.2, -0.15) is 0 Å². The molecule has 0 radical (unpaired) electrons. The molecular formula is C27H24N2O4S2. The highest BCUT2D eigenvalue weighted by atomic mass is 32.2. The number of nitrogens with one attached hydrogen (secondary N) is 2. The molecule has 0 saturated heterocycles. The lowest BCUT2D eigenvalue weighted by molar-refractivity contribution is -0.115. The molecule has 0 aliphatic heterocycles. The van der Waals surface area contributed by atoms with Crippen LogP contribution in [0.2, 0.25) is 0 Å². The van der Waals surface area contributed by atoms with Crippen molar-refractivity contribution in [2.24, 2.45) is 0 Å². The van der Waals surface area contributed by atoms with E-state index < -0.39 is 15.3 Å². The molecule has 35 heavy (non-hydrogen) atoms. The van der Waals surface area contributed by atoms with E-state index in [9.17, 15) is 13.2 Å². The number of rotatable bonds is 9. The van der Waals surface area contributed by atoms with Crippen molar-refractivity contribution in [1.82, 2.24) is 0 Å². The summed E-state index contributed by atoms with van der Waals surface area (Å²) in [5, 5.41) is 2.45. The van der Waals surface area contributed by atoms with E-state index in [-0.39, 0.29) is 10.8 Å². The molecule has 4 rings (SSSR count). The number of ether oxygens (including phenoxy) is 1. The molecule has 0 saturated carbocycles. The summed E-state index contributed by atoms with van der Waals surface area (Å²) >= 11 is 1.38. The predicted octanol–water partition coefficient (Wildman–Crippen LogP) is 5.97. The first kappa shape index (κ1) is 24.4. The summed E-state index contributed by atoms with van der Waals surface area (Å²) in [4.78, 5) is 14.3. The first-order valence-corrected chi connectivity index (χ1v) is 13.2. The third-order valence-corrected chi connectivity index (χ3v) is 7.76. The van der Waals surface area contributed by atoms with Crippen LogP contribution in [0, 0.1) is 0 Å². The third-order valence-electron chi connectivity index (χ3n) is 5.09. The Labute approximate surface area is 209 Å². The SMILES string of the molecule is COc1cccc(NC(=O)C(Sc2ccc(NS(=O)(=O)c3ccccc3)cc2)c2ccccc2)c1. The molecule has 0 aliphatic rings. The van der Waals surface area contributed by atoms with E-state index in [0.717, 1.165) is 10.5 Å². The van der Waals surface area contributed by atoms with Crippen LogP contribution in [0.5, 0.6) is 5.75 Å². The highest BCUT2D eigenvalue weighted by Crippen LogP contribution is 2.37. The molecule has 6 nitrogen and oxygen atoms in total. The zero-order chi connectivity index (χ0) is 24.7. The van der Waals surface area contributed by atoms with Gasteiger partial charge in [0.25, 0.3) is 10.0 Å². The number of carbonyl (C=O) groups excluding carboxylic acids is 1. The molecular weight excluding hydrogens is 480 g/mol. The van der Waals surface area contributed by atoms with E-state index in [1.807, 2.05) is 42.5 Å². The van der Waals surface area contributed by atoms with E-state index in [1.54, 1.807) is 61.7 Å². The Bertz CT molecular complexity index is 1380. The van der Waals surface area contributed by atoms with Gasteiger partial charge in [0.1, 0.15) is 11.0 Å². The van der Waals surface area contributed by atoms with Crippen LogP contribution in [-0.2, 0) is 14.8 Å². The van der Waals surface area contributed by atoms with Crippen LogP contribution in [0.1, 0.15) is 10.8 Å². The third kappa shape index (κ3) is 6.44. The van der Waals surface area contributed by atoms with Gasteiger partial charge in [0.15, 0.2) is 0 Å². The Hall–Kier alpha value is -3.75. The smallest absolute Gasteiger partial charge is 0.261 e. The number of hydrogen-bond acceptors (Lipinski definition) is 5. The highest BCUT2D eigenvalue weighted by Gasteiger charge is 2.22. The van der Waals surface area contributed by atoms with Crippen LogP contribution in [0.3, 0.4) is 0 Å². The largest absolute Gasteiger partial charge is 0.497 e. The van der Waals surface area contributed by atoms with Crippen molar-refractivity contribution in [3.63, 3.8) is 0 Å². The lowest BCUT2D eigenvalue weighted by Gasteiger charge is -2.18. The maximum atomic E-state index is 13.3. The molecule has 178 valence electrons. The molecule has 0 aromatic heterocycles. The lowest BCUT2D eigenvalue weighted by Crippen LogP contribution is -2.19. The lowest BCUT2D eigenvalue weighted by atomic mass is 10.1. The second-order valence-corrected chi connectivity index (χ2v) is 10.4. The fraction of sp³-hybridized carbons (Fsp3) is 0.0741. The summed E-state index contributed by atoms with van der Waals surface area (Å²) in [6.07, 6.45) is 0. The molecule has 2 N–H and O–H groups in total. The average Bonchev–Trinajstić information content (AvgIpc) is 2.89. The van der Waals surface area contributed by atoms with Crippen molar-refractivity contribution in [2.75, 3.05) is 17.1 Å². The number of thioether (sulfide) groups is 1. The summed E-state index contributed by atoms with van der Waals surface area (Å²) in [5.41, 5.74) is 1.93. The number of amides is 1. The summed E-state index contributed by atoms with van der Waals surface area (Å²) in [6, 6.07) is 31.8. The van der Waals surface area contributed by atoms with Crippen LogP contribution < -0.4 is 14.8 Å². The number of carbonyl (C=O) groups is 1. The van der Waals surface area contributed by atoms with Crippen LogP contribution >= 0.6 is 11.8 Å². The normalized spacial score (nSPS) is 11.9. The maximum absolute atomic E-state index is 13.3. The van der Waals surface area contributed by atoms with Gasteiger partial charge in [-0.25, -0.2) is 8.42 Å². The van der Waals surface area contributed by atoms with Gasteiger partial charge in [-0.1, -0.05) is 54.6 Å². The molecule has 1 amide bonds. The van der Waals surface area contributed by atoms with Gasteiger partial charge in [0, 0.05) is 22.3 Å². The van der Waals surface area contributed by atoms with Crippen molar-refractivity contribution in [3.8, 4) is 5.75 Å². The van der Waals surface area contributed by atoms with Gasteiger partial charge in [0.2, 0.25) is 5.91 Å². The van der Waals surface area contributed by atoms with E-state index in [0.29, 0.717) is 17.1 Å². The van der Waals surface area contributed by atoms with Gasteiger partial charge in [0.05, 0.1) is 12.0 Å². The zero-order valence-corrected chi connectivity index (χ0v) is 20.6. The van der Waals surface area contributed by atoms with Crippen LogP contribution in [-0.4, -0.2) is 21.4 Å². The molecule has 4 aromatic carbocycles. The van der Waals surface area contributed by atoms with Crippen molar-refractivity contribution < 1.29 is 17.9 Å². The molecule has 0 spiro atoms. The first-order chi connectivity index (χ1) is 16.9. The molecule has 0 bridgehead atoms. The Balaban J connectivity index is 1.52. The van der Waals surface area contributed by atoms with Crippen molar-refractivity contribution in [3.05, 3.63) is 115 Å². The van der Waals surface area contributed by atoms with E-state index >= 15 is 0 Å². The Morgan fingerprint density at radius 3 is 2.11 bits per heavy atom. The molecule has 0 heterocycles. The zero-order valence-electron chi connectivity index (χ0n) is 18.9. The molecule has 1 unspecified atom stereocenters. The van der Waals surface area contributed by atoms with E-state index in [1.165, 1.54) is 23.9 Å². The fourth-order valence-corrected chi connectivity index (χ4v) is 5.46. The van der Waals surface area contributed by atoms with Crippen molar-refractivity contribution in [2.45, 2.75) is 15.0 Å². The standard InChI is InChI=1S/C27H24N2O4S2/c1-33-23-12-8-11-22(19-23)28-27(30)26(20-9-4-2-5-10-20)34-24-17-15-21(16-18-24)29-35(31,32)25-13-6-3-7-14-25/h2-19,26,29H,1H3,(H,28,30). The van der Waals surface area contributed by atoms with Crippen molar-refractivity contribution >= 4 is 39.1 Å².